The van der Waals surface area contributed by atoms with Crippen LogP contribution in [0.25, 0.3) is 0 Å². The Bertz CT molecular complexity index is 930. The highest BCUT2D eigenvalue weighted by molar-refractivity contribution is 8.00. The molecular weight excluding hydrogens is 445 g/mol. The summed E-state index contributed by atoms with van der Waals surface area (Å²) in [5, 5.41) is 13.2. The van der Waals surface area contributed by atoms with Crippen LogP contribution in [-0.2, 0) is 14.4 Å². The van der Waals surface area contributed by atoms with E-state index in [-0.39, 0.29) is 23.1 Å². The second kappa shape index (κ2) is 8.37. The van der Waals surface area contributed by atoms with E-state index in [2.05, 4.69) is 5.32 Å². The normalized spacial score (nSPS) is 28.3. The van der Waals surface area contributed by atoms with E-state index in [4.69, 9.17) is 0 Å². The predicted molar refractivity (Wildman–Crippen MR) is 113 cm³/mol. The first-order valence-corrected chi connectivity index (χ1v) is 11.3. The number of amides is 2. The quantitative estimate of drug-likeness (QED) is 0.473. The molecule has 0 radical (unpaired) electrons. The molecule has 2 aliphatic heterocycles. The number of halogens is 3. The number of carbonyl (C=O) groups excluding carboxylic acids is 2. The Morgan fingerprint density at radius 2 is 1.88 bits per heavy atom. The third-order valence-corrected chi connectivity index (χ3v) is 6.80. The molecule has 2 N–H and O–H groups in total. The molecule has 2 saturated heterocycles. The maximum atomic E-state index is 13.4. The number of hydrogen-bond acceptors (Lipinski definition) is 5. The van der Waals surface area contributed by atoms with E-state index in [1.807, 2.05) is 6.92 Å². The van der Waals surface area contributed by atoms with Gasteiger partial charge in [-0.2, -0.15) is 13.2 Å². The number of carboxylic acid groups (broad SMARTS) is 1. The molecule has 2 heterocycles. The van der Waals surface area contributed by atoms with E-state index in [9.17, 15) is 32.7 Å². The second-order valence-corrected chi connectivity index (χ2v) is 10.4. The number of alkyl halides is 3. The standard InChI is InChI=1S/C22H27F3N2O4S/c1-5-6-10-21(19(30)31)15-14(17(28)27(18(15)29)20(2,3)4)16(26-21)12-8-7-9-13(11-12)32-22(23,24)25/h7-9,11,14-16,26H,5-6,10H2,1-4H3,(H,30,31). The lowest BCUT2D eigenvalue weighted by molar-refractivity contribution is -0.154. The smallest absolute Gasteiger partial charge is 0.446 e. The van der Waals surface area contributed by atoms with Crippen LogP contribution in [0.3, 0.4) is 0 Å². The van der Waals surface area contributed by atoms with Crippen molar-refractivity contribution in [2.75, 3.05) is 0 Å². The molecule has 6 nitrogen and oxygen atoms in total. The van der Waals surface area contributed by atoms with E-state index < -0.39 is 52.2 Å². The molecule has 4 unspecified atom stereocenters. The van der Waals surface area contributed by atoms with Gasteiger partial charge in [-0.05, 0) is 56.7 Å². The molecule has 10 heteroatoms. The largest absolute Gasteiger partial charge is 0.480 e. The fourth-order valence-electron chi connectivity index (χ4n) is 4.84. The number of imide groups is 1. The van der Waals surface area contributed by atoms with Crippen molar-refractivity contribution in [1.29, 1.82) is 0 Å². The zero-order chi connectivity index (χ0) is 24.1. The molecule has 2 fully saturated rings. The number of benzene rings is 1. The Kier molecular flexibility index (Phi) is 6.43. The van der Waals surface area contributed by atoms with Gasteiger partial charge in [0.2, 0.25) is 11.8 Å². The number of aliphatic carboxylic acids is 1. The van der Waals surface area contributed by atoms with E-state index in [0.29, 0.717) is 18.4 Å². The van der Waals surface area contributed by atoms with Gasteiger partial charge in [0.1, 0.15) is 5.54 Å². The molecule has 1 aromatic rings. The highest BCUT2D eigenvalue weighted by Crippen LogP contribution is 2.52. The molecule has 2 amide bonds. The van der Waals surface area contributed by atoms with Gasteiger partial charge in [0.15, 0.2) is 0 Å². The van der Waals surface area contributed by atoms with E-state index in [1.165, 1.54) is 18.2 Å². The Morgan fingerprint density at radius 1 is 1.22 bits per heavy atom. The average molecular weight is 473 g/mol. The Labute approximate surface area is 188 Å². The molecule has 1 aromatic carbocycles. The van der Waals surface area contributed by atoms with Crippen molar-refractivity contribution in [1.82, 2.24) is 10.2 Å². The maximum Gasteiger partial charge on any atom is 0.446 e. The first-order valence-electron chi connectivity index (χ1n) is 10.5. The van der Waals surface area contributed by atoms with Crippen LogP contribution >= 0.6 is 11.8 Å². The Balaban J connectivity index is 2.12. The molecule has 0 aromatic heterocycles. The number of thioether (sulfide) groups is 1. The van der Waals surface area contributed by atoms with Crippen molar-refractivity contribution in [2.45, 2.75) is 74.5 Å². The van der Waals surface area contributed by atoms with Gasteiger partial charge in [0.25, 0.3) is 0 Å². The minimum absolute atomic E-state index is 0.0702. The number of nitrogens with zero attached hydrogens (tertiary/aromatic N) is 1. The lowest BCUT2D eigenvalue weighted by atomic mass is 9.76. The summed E-state index contributed by atoms with van der Waals surface area (Å²) in [5.41, 5.74) is -6.67. The third-order valence-electron chi connectivity index (χ3n) is 6.08. The number of likely N-dealkylation sites (tertiary alicyclic amines) is 1. The molecule has 0 saturated carbocycles. The summed E-state index contributed by atoms with van der Waals surface area (Å²) in [5.74, 6) is -4.44. The van der Waals surface area contributed by atoms with Crippen molar-refractivity contribution in [3.05, 3.63) is 29.8 Å². The first kappa shape index (κ1) is 24.6. The van der Waals surface area contributed by atoms with Crippen LogP contribution in [-0.4, -0.2) is 44.4 Å². The second-order valence-electron chi connectivity index (χ2n) is 9.31. The molecule has 0 aliphatic carbocycles. The van der Waals surface area contributed by atoms with Gasteiger partial charge in [0, 0.05) is 16.5 Å². The van der Waals surface area contributed by atoms with Crippen molar-refractivity contribution >= 4 is 29.5 Å². The van der Waals surface area contributed by atoms with Crippen LogP contribution in [0.5, 0.6) is 0 Å². The Hall–Kier alpha value is -2.07. The predicted octanol–water partition coefficient (Wildman–Crippen LogP) is 4.36. The minimum Gasteiger partial charge on any atom is -0.480 e. The maximum absolute atomic E-state index is 13.4. The summed E-state index contributed by atoms with van der Waals surface area (Å²) in [6.07, 6.45) is 1.32. The lowest BCUT2D eigenvalue weighted by Gasteiger charge is -2.35. The van der Waals surface area contributed by atoms with Crippen LogP contribution in [0.2, 0.25) is 0 Å². The summed E-state index contributed by atoms with van der Waals surface area (Å²) in [4.78, 5) is 40.4. The molecule has 0 spiro atoms. The van der Waals surface area contributed by atoms with Crippen LogP contribution in [0, 0.1) is 11.8 Å². The van der Waals surface area contributed by atoms with Gasteiger partial charge in [-0.1, -0.05) is 31.9 Å². The topological polar surface area (TPSA) is 86.7 Å². The zero-order valence-corrected chi connectivity index (χ0v) is 19.1. The number of fused-ring (bicyclic) bond motifs is 1. The van der Waals surface area contributed by atoms with Crippen LogP contribution in [0.15, 0.2) is 29.2 Å². The minimum atomic E-state index is -4.49. The molecule has 0 bridgehead atoms. The van der Waals surface area contributed by atoms with Crippen molar-refractivity contribution in [2.24, 2.45) is 11.8 Å². The molecule has 2 aliphatic rings. The van der Waals surface area contributed by atoms with Crippen LogP contribution < -0.4 is 5.32 Å². The zero-order valence-electron chi connectivity index (χ0n) is 18.3. The van der Waals surface area contributed by atoms with E-state index in [1.54, 1.807) is 26.8 Å². The van der Waals surface area contributed by atoms with Crippen LogP contribution in [0.1, 0.15) is 58.6 Å². The summed E-state index contributed by atoms with van der Waals surface area (Å²) < 4.78 is 38.7. The Morgan fingerprint density at radius 3 is 2.41 bits per heavy atom. The summed E-state index contributed by atoms with van der Waals surface area (Å²) >= 11 is -0.281. The van der Waals surface area contributed by atoms with Crippen LogP contribution in [0.4, 0.5) is 13.2 Å². The van der Waals surface area contributed by atoms with Crippen molar-refractivity contribution < 1.29 is 32.7 Å². The average Bonchev–Trinajstić information content (AvgIpc) is 3.13. The molecular formula is C22H27F3N2O4S. The third kappa shape index (κ3) is 4.26. The van der Waals surface area contributed by atoms with Crippen molar-refractivity contribution in [3.63, 3.8) is 0 Å². The molecule has 176 valence electrons. The number of hydrogen-bond donors (Lipinski definition) is 2. The summed E-state index contributed by atoms with van der Waals surface area (Å²) in [6.45, 7) is 6.98. The highest BCUT2D eigenvalue weighted by atomic mass is 32.2. The number of unbranched alkanes of at least 4 members (excludes halogenated alkanes) is 1. The SMILES string of the molecule is CCCCC1(C(=O)O)NC(c2cccc(SC(F)(F)F)c2)C2C(=O)N(C(C)(C)C)C(=O)C21. The van der Waals surface area contributed by atoms with Gasteiger partial charge in [-0.3, -0.25) is 24.6 Å². The summed E-state index contributed by atoms with van der Waals surface area (Å²) in [7, 11) is 0. The van der Waals surface area contributed by atoms with Crippen molar-refractivity contribution in [3.8, 4) is 0 Å². The van der Waals surface area contributed by atoms with E-state index >= 15 is 0 Å². The van der Waals surface area contributed by atoms with Gasteiger partial charge < -0.3 is 5.11 Å². The van der Waals surface area contributed by atoms with Gasteiger partial charge >= 0.3 is 11.5 Å². The number of rotatable bonds is 6. The van der Waals surface area contributed by atoms with Gasteiger partial charge in [-0.25, -0.2) is 0 Å². The number of carboxylic acids is 1. The first-order chi connectivity index (χ1) is 14.7. The monoisotopic (exact) mass is 472 g/mol. The molecule has 3 rings (SSSR count). The molecule has 32 heavy (non-hydrogen) atoms. The number of carbonyl (C=O) groups is 3. The lowest BCUT2D eigenvalue weighted by Crippen LogP contribution is -2.57. The summed E-state index contributed by atoms with van der Waals surface area (Å²) in [6, 6.07) is 4.71. The fourth-order valence-corrected chi connectivity index (χ4v) is 5.45. The highest BCUT2D eigenvalue weighted by Gasteiger charge is 2.69. The fraction of sp³-hybridized carbons (Fsp3) is 0.591. The number of nitrogens with one attached hydrogen (secondary N) is 1. The molecule has 4 atom stereocenters. The van der Waals surface area contributed by atoms with Gasteiger partial charge in [-0.15, -0.1) is 0 Å². The van der Waals surface area contributed by atoms with Gasteiger partial charge in [0.05, 0.1) is 11.8 Å². The van der Waals surface area contributed by atoms with E-state index in [0.717, 1.165) is 4.90 Å².